The van der Waals surface area contributed by atoms with Crippen LogP contribution >= 0.6 is 0 Å². The summed E-state index contributed by atoms with van der Waals surface area (Å²) in [4.78, 5) is 37.7. The highest BCUT2D eigenvalue weighted by atomic mass is 16.7. The van der Waals surface area contributed by atoms with Crippen LogP contribution in [0.15, 0.2) is 36.5 Å². The predicted molar refractivity (Wildman–Crippen MR) is 152 cm³/mol. The standard InChI is InChI=1S/C24H33N3O2.C6H8O7/c1-17-10-21-22(29-16-28-21)11-18(17)14-27(15-19-8-6-7-9-25-19)20-12-23(2,3)26-24(4,5)13-20;7-3(8)1-6(13,5(11)12)2-4(9)10/h6-11,20,26H,12-16H2,1-5H3;13H,1-2H2,(H,7,8)(H,9,10)(H,11,12). The number of rotatable bonds is 10. The number of pyridine rings is 1. The van der Waals surface area contributed by atoms with Crippen LogP contribution in [0, 0.1) is 6.92 Å². The number of ether oxygens (including phenoxy) is 2. The van der Waals surface area contributed by atoms with E-state index >= 15 is 0 Å². The Kier molecular flexibility index (Phi) is 10.2. The number of piperidine rings is 1. The number of nitrogens with one attached hydrogen (secondary N) is 1. The molecule has 0 saturated carbocycles. The second kappa shape index (κ2) is 13.1. The molecule has 2 aliphatic rings. The van der Waals surface area contributed by atoms with Crippen LogP contribution in [0.4, 0.5) is 0 Å². The van der Waals surface area contributed by atoms with Crippen LogP contribution < -0.4 is 14.8 Å². The molecular weight excluding hydrogens is 546 g/mol. The van der Waals surface area contributed by atoms with Crippen LogP contribution in [-0.4, -0.2) is 77.7 Å². The van der Waals surface area contributed by atoms with Gasteiger partial charge >= 0.3 is 17.9 Å². The van der Waals surface area contributed by atoms with E-state index in [4.69, 9.17) is 29.9 Å². The third-order valence-corrected chi connectivity index (χ3v) is 7.27. The van der Waals surface area contributed by atoms with Gasteiger partial charge in [0.2, 0.25) is 6.79 Å². The number of fused-ring (bicyclic) bond motifs is 1. The fourth-order valence-electron chi connectivity index (χ4n) is 5.73. The van der Waals surface area contributed by atoms with Crippen molar-refractivity contribution in [2.24, 2.45) is 0 Å². The van der Waals surface area contributed by atoms with Crippen molar-refractivity contribution in [3.8, 4) is 11.5 Å². The first-order chi connectivity index (χ1) is 19.5. The maximum atomic E-state index is 10.3. The number of carboxylic acids is 3. The number of aliphatic hydroxyl groups is 1. The minimum atomic E-state index is -2.74. The molecule has 42 heavy (non-hydrogen) atoms. The first kappa shape index (κ1) is 32.8. The minimum Gasteiger partial charge on any atom is -0.481 e. The SMILES string of the molecule is Cc1cc2c(cc1CN(Cc1ccccn1)C1CC(C)(C)NC(C)(C)C1)OCO2.O=C(O)CC(O)(CC(=O)O)C(=O)O. The van der Waals surface area contributed by atoms with Crippen molar-refractivity contribution >= 4 is 17.9 Å². The van der Waals surface area contributed by atoms with E-state index in [1.165, 1.54) is 11.1 Å². The summed E-state index contributed by atoms with van der Waals surface area (Å²) >= 11 is 0. The lowest BCUT2D eigenvalue weighted by atomic mass is 9.79. The smallest absolute Gasteiger partial charge is 0.336 e. The van der Waals surface area contributed by atoms with Crippen LogP contribution in [-0.2, 0) is 27.5 Å². The van der Waals surface area contributed by atoms with Crippen molar-refractivity contribution in [3.63, 3.8) is 0 Å². The van der Waals surface area contributed by atoms with Crippen molar-refractivity contribution in [2.75, 3.05) is 6.79 Å². The van der Waals surface area contributed by atoms with Gasteiger partial charge in [0.1, 0.15) is 0 Å². The number of benzene rings is 1. The molecule has 5 N–H and O–H groups in total. The van der Waals surface area contributed by atoms with Gasteiger partial charge in [-0.25, -0.2) is 4.79 Å². The molecule has 1 fully saturated rings. The number of aliphatic carboxylic acids is 3. The normalized spacial score (nSPS) is 17.3. The van der Waals surface area contributed by atoms with Gasteiger partial charge in [-0.3, -0.25) is 19.5 Å². The van der Waals surface area contributed by atoms with Crippen molar-refractivity contribution < 1.29 is 44.3 Å². The van der Waals surface area contributed by atoms with E-state index in [-0.39, 0.29) is 11.1 Å². The molecule has 12 heteroatoms. The lowest BCUT2D eigenvalue weighted by Crippen LogP contribution is -2.62. The molecule has 2 aromatic rings. The summed E-state index contributed by atoms with van der Waals surface area (Å²) in [6, 6.07) is 10.9. The third-order valence-electron chi connectivity index (χ3n) is 7.27. The Hall–Kier alpha value is -3.74. The summed E-state index contributed by atoms with van der Waals surface area (Å²) in [5.74, 6) is -3.31. The molecule has 0 bridgehead atoms. The molecular formula is C30H41N3O9. The van der Waals surface area contributed by atoms with Gasteiger partial charge in [-0.05, 0) is 82.9 Å². The summed E-state index contributed by atoms with van der Waals surface area (Å²) in [6.45, 7) is 13.4. The Labute approximate surface area is 245 Å². The maximum Gasteiger partial charge on any atom is 0.336 e. The van der Waals surface area contributed by atoms with Gasteiger partial charge in [0.05, 0.1) is 18.5 Å². The average molecular weight is 588 g/mol. The summed E-state index contributed by atoms with van der Waals surface area (Å²) in [5, 5.41) is 37.6. The molecule has 1 aromatic carbocycles. The number of aryl methyl sites for hydroxylation is 1. The predicted octanol–water partition coefficient (Wildman–Crippen LogP) is 3.18. The average Bonchev–Trinajstić information content (AvgIpc) is 3.29. The molecule has 0 radical (unpaired) electrons. The lowest BCUT2D eigenvalue weighted by molar-refractivity contribution is -0.170. The molecule has 1 saturated heterocycles. The van der Waals surface area contributed by atoms with Crippen molar-refractivity contribution in [1.82, 2.24) is 15.2 Å². The fraction of sp³-hybridized carbons (Fsp3) is 0.533. The number of hydrogen-bond acceptors (Lipinski definition) is 9. The molecule has 230 valence electrons. The van der Waals surface area contributed by atoms with Crippen LogP contribution in [0.25, 0.3) is 0 Å². The van der Waals surface area contributed by atoms with Gasteiger partial charge in [-0.2, -0.15) is 0 Å². The summed E-state index contributed by atoms with van der Waals surface area (Å²) in [5.41, 5.74) is 1.10. The highest BCUT2D eigenvalue weighted by Gasteiger charge is 2.41. The monoisotopic (exact) mass is 587 g/mol. The van der Waals surface area contributed by atoms with Gasteiger partial charge in [0, 0.05) is 36.4 Å². The Morgan fingerprint density at radius 3 is 2.05 bits per heavy atom. The van der Waals surface area contributed by atoms with Gasteiger partial charge < -0.3 is 35.2 Å². The van der Waals surface area contributed by atoms with E-state index < -0.39 is 36.4 Å². The van der Waals surface area contributed by atoms with Gasteiger partial charge in [-0.1, -0.05) is 6.07 Å². The number of hydrogen-bond donors (Lipinski definition) is 5. The second-order valence-corrected chi connectivity index (χ2v) is 12.3. The Balaban J connectivity index is 0.000000316. The molecule has 0 spiro atoms. The molecule has 0 unspecified atom stereocenters. The summed E-state index contributed by atoms with van der Waals surface area (Å²) in [7, 11) is 0. The zero-order valence-corrected chi connectivity index (χ0v) is 24.7. The van der Waals surface area contributed by atoms with E-state index in [0.717, 1.165) is 43.1 Å². The van der Waals surface area contributed by atoms with Crippen LogP contribution in [0.2, 0.25) is 0 Å². The molecule has 12 nitrogen and oxygen atoms in total. The molecule has 4 rings (SSSR count). The van der Waals surface area contributed by atoms with Crippen molar-refractivity contribution in [2.45, 2.75) is 96.1 Å². The number of aromatic nitrogens is 1. The second-order valence-electron chi connectivity index (χ2n) is 12.3. The zero-order chi connectivity index (χ0) is 31.3. The summed E-state index contributed by atoms with van der Waals surface area (Å²) < 4.78 is 11.2. The lowest BCUT2D eigenvalue weighted by Gasteiger charge is -2.49. The number of carboxylic acid groups (broad SMARTS) is 3. The number of nitrogens with zero attached hydrogens (tertiary/aromatic N) is 2. The van der Waals surface area contributed by atoms with E-state index in [1.54, 1.807) is 0 Å². The summed E-state index contributed by atoms with van der Waals surface area (Å²) in [6.07, 6.45) is 1.80. The molecule has 0 aliphatic carbocycles. The van der Waals surface area contributed by atoms with Crippen LogP contribution in [0.5, 0.6) is 11.5 Å². The highest BCUT2D eigenvalue weighted by Crippen LogP contribution is 2.37. The van der Waals surface area contributed by atoms with E-state index in [9.17, 15) is 14.4 Å². The van der Waals surface area contributed by atoms with Gasteiger partial charge in [0.15, 0.2) is 17.1 Å². The van der Waals surface area contributed by atoms with Gasteiger partial charge in [0.25, 0.3) is 0 Å². The quantitative estimate of drug-likeness (QED) is 0.275. The minimum absolute atomic E-state index is 0.0959. The van der Waals surface area contributed by atoms with Crippen LogP contribution in [0.1, 0.15) is 70.2 Å². The first-order valence-corrected chi connectivity index (χ1v) is 13.7. The van der Waals surface area contributed by atoms with E-state index in [2.05, 4.69) is 74.1 Å². The third kappa shape index (κ3) is 9.13. The zero-order valence-electron chi connectivity index (χ0n) is 24.7. The first-order valence-electron chi connectivity index (χ1n) is 13.7. The van der Waals surface area contributed by atoms with Crippen molar-refractivity contribution in [3.05, 3.63) is 53.3 Å². The van der Waals surface area contributed by atoms with Crippen LogP contribution in [0.3, 0.4) is 0 Å². The topological polar surface area (TPSA) is 179 Å². The van der Waals surface area contributed by atoms with E-state index in [0.29, 0.717) is 12.8 Å². The molecule has 0 amide bonds. The number of carbonyl (C=O) groups is 3. The highest BCUT2D eigenvalue weighted by molar-refractivity contribution is 5.88. The van der Waals surface area contributed by atoms with E-state index in [1.807, 2.05) is 12.3 Å². The Morgan fingerprint density at radius 2 is 1.55 bits per heavy atom. The molecule has 1 aromatic heterocycles. The largest absolute Gasteiger partial charge is 0.481 e. The Morgan fingerprint density at radius 1 is 0.976 bits per heavy atom. The molecule has 3 heterocycles. The molecule has 0 atom stereocenters. The maximum absolute atomic E-state index is 10.3. The van der Waals surface area contributed by atoms with Crippen molar-refractivity contribution in [1.29, 1.82) is 0 Å². The molecule has 2 aliphatic heterocycles. The van der Waals surface area contributed by atoms with Gasteiger partial charge in [-0.15, -0.1) is 0 Å². The fourth-order valence-corrected chi connectivity index (χ4v) is 5.73. The Bertz CT molecular complexity index is 1250.